The lowest BCUT2D eigenvalue weighted by atomic mass is 9.87. The third kappa shape index (κ3) is 3.47. The summed E-state index contributed by atoms with van der Waals surface area (Å²) < 4.78 is 0. The molecule has 1 fully saturated rings. The molecule has 0 aliphatic heterocycles. The fourth-order valence-electron chi connectivity index (χ4n) is 2.27. The van der Waals surface area contributed by atoms with E-state index in [1.165, 1.54) is 0 Å². The highest BCUT2D eigenvalue weighted by molar-refractivity contribution is 5.47. The highest BCUT2D eigenvalue weighted by Gasteiger charge is 2.18. The van der Waals surface area contributed by atoms with E-state index in [1.54, 1.807) is 0 Å². The van der Waals surface area contributed by atoms with Gasteiger partial charge in [0.2, 0.25) is 0 Å². The Morgan fingerprint density at radius 1 is 1.18 bits per heavy atom. The van der Waals surface area contributed by atoms with Gasteiger partial charge in [-0.2, -0.15) is 5.26 Å². The van der Waals surface area contributed by atoms with Crippen molar-refractivity contribution in [2.75, 3.05) is 11.9 Å². The van der Waals surface area contributed by atoms with Gasteiger partial charge in [0.05, 0.1) is 17.7 Å². The van der Waals surface area contributed by atoms with Crippen LogP contribution in [0.4, 0.5) is 5.69 Å². The van der Waals surface area contributed by atoms with Gasteiger partial charge < -0.3 is 10.4 Å². The Labute approximate surface area is 102 Å². The van der Waals surface area contributed by atoms with Crippen molar-refractivity contribution < 1.29 is 5.11 Å². The van der Waals surface area contributed by atoms with Crippen LogP contribution in [0.5, 0.6) is 0 Å². The van der Waals surface area contributed by atoms with Crippen LogP contribution < -0.4 is 5.32 Å². The van der Waals surface area contributed by atoms with Gasteiger partial charge >= 0.3 is 0 Å². The molecule has 0 bridgehead atoms. The summed E-state index contributed by atoms with van der Waals surface area (Å²) in [6.45, 7) is 0.957. The van der Waals surface area contributed by atoms with Crippen molar-refractivity contribution in [2.24, 2.45) is 5.92 Å². The molecule has 0 spiro atoms. The van der Waals surface area contributed by atoms with Crippen LogP contribution >= 0.6 is 0 Å². The molecule has 0 radical (unpaired) electrons. The molecule has 0 atom stereocenters. The van der Waals surface area contributed by atoms with E-state index in [2.05, 4.69) is 11.4 Å². The van der Waals surface area contributed by atoms with Gasteiger partial charge in [0.1, 0.15) is 0 Å². The number of aliphatic hydroxyl groups is 1. The SMILES string of the molecule is N#Cc1ccc(NCC2CCC(O)CC2)cc1. The second-order valence-corrected chi connectivity index (χ2v) is 4.74. The van der Waals surface area contributed by atoms with Gasteiger partial charge in [0.15, 0.2) is 0 Å². The van der Waals surface area contributed by atoms with Crippen LogP contribution in [0.25, 0.3) is 0 Å². The lowest BCUT2D eigenvalue weighted by molar-refractivity contribution is 0.111. The van der Waals surface area contributed by atoms with Crippen LogP contribution in [0.1, 0.15) is 31.2 Å². The first-order valence-electron chi connectivity index (χ1n) is 6.20. The summed E-state index contributed by atoms with van der Waals surface area (Å²) in [5.41, 5.74) is 1.76. The Balaban J connectivity index is 1.79. The topological polar surface area (TPSA) is 56.0 Å². The first-order chi connectivity index (χ1) is 8.28. The fraction of sp³-hybridized carbons (Fsp3) is 0.500. The summed E-state index contributed by atoms with van der Waals surface area (Å²) >= 11 is 0. The lowest BCUT2D eigenvalue weighted by Crippen LogP contribution is -2.23. The predicted octanol–water partition coefficient (Wildman–Crippen LogP) is 2.52. The molecule has 3 heteroatoms. The second kappa shape index (κ2) is 5.70. The molecule has 0 heterocycles. The molecule has 1 saturated carbocycles. The number of anilines is 1. The van der Waals surface area contributed by atoms with Crippen LogP contribution in [-0.2, 0) is 0 Å². The fourth-order valence-corrected chi connectivity index (χ4v) is 2.27. The average molecular weight is 230 g/mol. The summed E-state index contributed by atoms with van der Waals surface area (Å²) in [5.74, 6) is 0.661. The van der Waals surface area contributed by atoms with Gasteiger partial charge in [-0.3, -0.25) is 0 Å². The van der Waals surface area contributed by atoms with Crippen molar-refractivity contribution >= 4 is 5.69 Å². The molecule has 1 aromatic rings. The number of nitrogens with one attached hydrogen (secondary N) is 1. The van der Waals surface area contributed by atoms with Gasteiger partial charge in [0.25, 0.3) is 0 Å². The highest BCUT2D eigenvalue weighted by atomic mass is 16.3. The Morgan fingerprint density at radius 3 is 2.41 bits per heavy atom. The van der Waals surface area contributed by atoms with Gasteiger partial charge in [-0.15, -0.1) is 0 Å². The average Bonchev–Trinajstić information content (AvgIpc) is 2.39. The van der Waals surface area contributed by atoms with Crippen LogP contribution in [0, 0.1) is 17.2 Å². The minimum absolute atomic E-state index is 0.0823. The predicted molar refractivity (Wildman–Crippen MR) is 67.6 cm³/mol. The first-order valence-corrected chi connectivity index (χ1v) is 6.20. The van der Waals surface area contributed by atoms with E-state index < -0.39 is 0 Å². The van der Waals surface area contributed by atoms with Crippen molar-refractivity contribution in [3.05, 3.63) is 29.8 Å². The Morgan fingerprint density at radius 2 is 1.82 bits per heavy atom. The highest BCUT2D eigenvalue weighted by Crippen LogP contribution is 2.24. The molecule has 1 aliphatic rings. The van der Waals surface area contributed by atoms with Crippen molar-refractivity contribution in [2.45, 2.75) is 31.8 Å². The summed E-state index contributed by atoms with van der Waals surface area (Å²) in [4.78, 5) is 0. The van der Waals surface area contributed by atoms with Gasteiger partial charge in [0, 0.05) is 12.2 Å². The minimum Gasteiger partial charge on any atom is -0.393 e. The standard InChI is InChI=1S/C14H18N2O/c15-9-11-1-5-13(6-2-11)16-10-12-3-7-14(17)8-4-12/h1-2,5-6,12,14,16-17H,3-4,7-8,10H2. The molecule has 1 aliphatic carbocycles. The molecule has 3 nitrogen and oxygen atoms in total. The zero-order chi connectivity index (χ0) is 12.1. The Bertz CT molecular complexity index is 386. The number of rotatable bonds is 3. The molecule has 90 valence electrons. The molecule has 0 saturated heterocycles. The molecule has 0 aromatic heterocycles. The van der Waals surface area contributed by atoms with E-state index in [0.29, 0.717) is 11.5 Å². The number of nitriles is 1. The molecular formula is C14H18N2O. The van der Waals surface area contributed by atoms with Crippen molar-refractivity contribution in [3.63, 3.8) is 0 Å². The molecule has 2 rings (SSSR count). The number of benzene rings is 1. The van der Waals surface area contributed by atoms with E-state index >= 15 is 0 Å². The molecule has 0 amide bonds. The number of nitrogens with zero attached hydrogens (tertiary/aromatic N) is 1. The van der Waals surface area contributed by atoms with Crippen LogP contribution in [0.3, 0.4) is 0 Å². The van der Waals surface area contributed by atoms with Gasteiger partial charge in [-0.05, 0) is 55.9 Å². The normalized spacial score (nSPS) is 24.0. The van der Waals surface area contributed by atoms with Crippen LogP contribution in [0.15, 0.2) is 24.3 Å². The summed E-state index contributed by atoms with van der Waals surface area (Å²) in [6, 6.07) is 9.64. The van der Waals surface area contributed by atoms with Crippen molar-refractivity contribution in [1.29, 1.82) is 5.26 Å². The number of hydrogen-bond acceptors (Lipinski definition) is 3. The smallest absolute Gasteiger partial charge is 0.0991 e. The third-order valence-corrected chi connectivity index (χ3v) is 3.43. The zero-order valence-electron chi connectivity index (χ0n) is 9.89. The summed E-state index contributed by atoms with van der Waals surface area (Å²) in [6.07, 6.45) is 3.98. The molecule has 1 aromatic carbocycles. The largest absolute Gasteiger partial charge is 0.393 e. The minimum atomic E-state index is -0.0823. The summed E-state index contributed by atoms with van der Waals surface area (Å²) in [5, 5.41) is 21.5. The Hall–Kier alpha value is -1.53. The van der Waals surface area contributed by atoms with E-state index in [4.69, 9.17) is 5.26 Å². The summed E-state index contributed by atoms with van der Waals surface area (Å²) in [7, 11) is 0. The maximum Gasteiger partial charge on any atom is 0.0991 e. The van der Waals surface area contributed by atoms with Crippen LogP contribution in [-0.4, -0.2) is 17.8 Å². The maximum absolute atomic E-state index is 9.42. The van der Waals surface area contributed by atoms with Crippen LogP contribution in [0.2, 0.25) is 0 Å². The van der Waals surface area contributed by atoms with E-state index in [0.717, 1.165) is 37.9 Å². The zero-order valence-corrected chi connectivity index (χ0v) is 9.89. The third-order valence-electron chi connectivity index (χ3n) is 3.43. The first kappa shape index (κ1) is 11.9. The Kier molecular flexibility index (Phi) is 4.00. The lowest BCUT2D eigenvalue weighted by Gasteiger charge is -2.25. The second-order valence-electron chi connectivity index (χ2n) is 4.74. The van der Waals surface area contributed by atoms with Crippen molar-refractivity contribution in [1.82, 2.24) is 0 Å². The molecule has 17 heavy (non-hydrogen) atoms. The maximum atomic E-state index is 9.42. The molecular weight excluding hydrogens is 212 g/mol. The molecule has 2 N–H and O–H groups in total. The van der Waals surface area contributed by atoms with Gasteiger partial charge in [-0.1, -0.05) is 0 Å². The van der Waals surface area contributed by atoms with Crippen molar-refractivity contribution in [3.8, 4) is 6.07 Å². The number of hydrogen-bond donors (Lipinski definition) is 2. The quantitative estimate of drug-likeness (QED) is 0.839. The number of aliphatic hydroxyl groups excluding tert-OH is 1. The van der Waals surface area contributed by atoms with E-state index in [-0.39, 0.29) is 6.10 Å². The monoisotopic (exact) mass is 230 g/mol. The molecule has 0 unspecified atom stereocenters. The van der Waals surface area contributed by atoms with Gasteiger partial charge in [-0.25, -0.2) is 0 Å². The van der Waals surface area contributed by atoms with E-state index in [9.17, 15) is 5.11 Å². The van der Waals surface area contributed by atoms with E-state index in [1.807, 2.05) is 24.3 Å².